The summed E-state index contributed by atoms with van der Waals surface area (Å²) in [5.74, 6) is 0.0355. The second kappa shape index (κ2) is 6.76. The maximum absolute atomic E-state index is 12.5. The van der Waals surface area contributed by atoms with E-state index in [4.69, 9.17) is 0 Å². The second-order valence-corrected chi connectivity index (χ2v) is 6.46. The molecule has 0 spiro atoms. The highest BCUT2D eigenvalue weighted by Gasteiger charge is 2.24. The van der Waals surface area contributed by atoms with Crippen LogP contribution < -0.4 is 0 Å². The summed E-state index contributed by atoms with van der Waals surface area (Å²) in [6.07, 6.45) is 2.13. The molecule has 0 unspecified atom stereocenters. The molecule has 7 nitrogen and oxygen atoms in total. The van der Waals surface area contributed by atoms with Crippen LogP contribution in [0.4, 0.5) is 0 Å². The zero-order chi connectivity index (χ0) is 17.3. The summed E-state index contributed by atoms with van der Waals surface area (Å²) in [5, 5.41) is 8.80. The van der Waals surface area contributed by atoms with Crippen LogP contribution in [-0.2, 0) is 20.1 Å². The highest BCUT2D eigenvalue weighted by Crippen LogP contribution is 2.13. The average Bonchev–Trinajstić information content (AvgIpc) is 3.10. The summed E-state index contributed by atoms with van der Waals surface area (Å²) in [5.41, 5.74) is 3.92. The number of nitrogens with zero attached hydrogens (tertiary/aromatic N) is 6. The fourth-order valence-corrected chi connectivity index (χ4v) is 3.05. The van der Waals surface area contributed by atoms with Crippen molar-refractivity contribution in [1.82, 2.24) is 29.4 Å². The molecular formula is C17H26N6O. The van der Waals surface area contributed by atoms with Crippen molar-refractivity contribution in [2.45, 2.75) is 33.9 Å². The van der Waals surface area contributed by atoms with Crippen molar-refractivity contribution in [3.05, 3.63) is 34.9 Å². The molecule has 0 aliphatic carbocycles. The van der Waals surface area contributed by atoms with Crippen molar-refractivity contribution in [3.8, 4) is 0 Å². The van der Waals surface area contributed by atoms with Crippen LogP contribution in [0, 0.1) is 13.8 Å². The highest BCUT2D eigenvalue weighted by molar-refractivity contribution is 5.92. The van der Waals surface area contributed by atoms with Gasteiger partial charge in [0, 0.05) is 63.8 Å². The molecule has 0 radical (unpaired) electrons. The number of carbonyl (C=O) groups is 1. The average molecular weight is 330 g/mol. The van der Waals surface area contributed by atoms with Gasteiger partial charge in [-0.05, 0) is 26.8 Å². The summed E-state index contributed by atoms with van der Waals surface area (Å²) < 4.78 is 3.73. The van der Waals surface area contributed by atoms with Crippen LogP contribution in [0.2, 0.25) is 0 Å². The number of hydrogen-bond donors (Lipinski definition) is 0. The van der Waals surface area contributed by atoms with Crippen LogP contribution >= 0.6 is 0 Å². The Hall–Kier alpha value is -2.15. The molecule has 3 heterocycles. The van der Waals surface area contributed by atoms with E-state index in [1.165, 1.54) is 5.56 Å². The number of carbonyl (C=O) groups excluding carboxylic acids is 1. The van der Waals surface area contributed by atoms with Crippen molar-refractivity contribution in [2.75, 3.05) is 26.2 Å². The van der Waals surface area contributed by atoms with Crippen molar-refractivity contribution >= 4 is 5.91 Å². The van der Waals surface area contributed by atoms with E-state index >= 15 is 0 Å². The monoisotopic (exact) mass is 330 g/mol. The van der Waals surface area contributed by atoms with Crippen molar-refractivity contribution in [3.63, 3.8) is 0 Å². The predicted molar refractivity (Wildman–Crippen MR) is 91.8 cm³/mol. The summed E-state index contributed by atoms with van der Waals surface area (Å²) in [6, 6.07) is 1.86. The van der Waals surface area contributed by atoms with Crippen LogP contribution in [-0.4, -0.2) is 61.4 Å². The molecule has 24 heavy (non-hydrogen) atoms. The Morgan fingerprint density at radius 3 is 2.42 bits per heavy atom. The lowest BCUT2D eigenvalue weighted by molar-refractivity contribution is 0.0621. The van der Waals surface area contributed by atoms with Crippen LogP contribution in [0.25, 0.3) is 0 Å². The van der Waals surface area contributed by atoms with Gasteiger partial charge in [0.2, 0.25) is 0 Å². The topological polar surface area (TPSA) is 59.2 Å². The molecule has 2 aromatic rings. The van der Waals surface area contributed by atoms with Crippen molar-refractivity contribution < 1.29 is 4.79 Å². The molecule has 0 N–H and O–H groups in total. The molecule has 1 fully saturated rings. The lowest BCUT2D eigenvalue weighted by Gasteiger charge is -2.34. The molecule has 1 amide bonds. The van der Waals surface area contributed by atoms with E-state index in [2.05, 4.69) is 35.1 Å². The number of amides is 1. The second-order valence-electron chi connectivity index (χ2n) is 6.46. The van der Waals surface area contributed by atoms with Gasteiger partial charge < -0.3 is 4.90 Å². The van der Waals surface area contributed by atoms with E-state index < -0.39 is 0 Å². The van der Waals surface area contributed by atoms with Crippen molar-refractivity contribution in [1.29, 1.82) is 0 Å². The van der Waals surface area contributed by atoms with E-state index in [9.17, 15) is 4.79 Å². The SMILES string of the molecule is CCn1cc(CN2CCN(C(=O)c3cc(C)n(C)n3)CC2)c(C)n1. The van der Waals surface area contributed by atoms with Crippen molar-refractivity contribution in [2.24, 2.45) is 7.05 Å². The fourth-order valence-electron chi connectivity index (χ4n) is 3.05. The van der Waals surface area contributed by atoms with Crippen LogP contribution in [0.5, 0.6) is 0 Å². The molecular weight excluding hydrogens is 304 g/mol. The minimum atomic E-state index is 0.0355. The first-order valence-corrected chi connectivity index (χ1v) is 8.53. The molecule has 0 atom stereocenters. The first kappa shape index (κ1) is 16.7. The Kier molecular flexibility index (Phi) is 4.71. The van der Waals surface area contributed by atoms with Gasteiger partial charge in [-0.25, -0.2) is 0 Å². The van der Waals surface area contributed by atoms with Crippen LogP contribution in [0.3, 0.4) is 0 Å². The maximum Gasteiger partial charge on any atom is 0.274 e. The standard InChI is InChI=1S/C17H26N6O/c1-5-23-12-15(14(3)18-23)11-21-6-8-22(9-7-21)17(24)16-10-13(2)20(4)19-16/h10,12H,5-9,11H2,1-4H3. The van der Waals surface area contributed by atoms with E-state index in [0.29, 0.717) is 5.69 Å². The van der Waals surface area contributed by atoms with Gasteiger partial charge in [0.25, 0.3) is 5.91 Å². The first-order valence-electron chi connectivity index (χ1n) is 8.53. The molecule has 1 aliphatic heterocycles. The molecule has 0 saturated carbocycles. The smallest absolute Gasteiger partial charge is 0.274 e. The normalized spacial score (nSPS) is 15.9. The molecule has 130 valence electrons. The summed E-state index contributed by atoms with van der Waals surface area (Å²) in [7, 11) is 1.86. The van der Waals surface area contributed by atoms with E-state index in [-0.39, 0.29) is 5.91 Å². The Bertz CT molecular complexity index is 704. The fraction of sp³-hybridized carbons (Fsp3) is 0.588. The zero-order valence-electron chi connectivity index (χ0n) is 15.0. The molecule has 1 saturated heterocycles. The third-order valence-corrected chi connectivity index (χ3v) is 4.76. The van der Waals surface area contributed by atoms with Gasteiger partial charge in [0.05, 0.1) is 5.69 Å². The third kappa shape index (κ3) is 3.36. The van der Waals surface area contributed by atoms with E-state index in [1.807, 2.05) is 29.6 Å². The first-order chi connectivity index (χ1) is 11.5. The lowest BCUT2D eigenvalue weighted by atomic mass is 10.2. The van der Waals surface area contributed by atoms with Crippen LogP contribution in [0.15, 0.2) is 12.3 Å². The van der Waals surface area contributed by atoms with Gasteiger partial charge in [0.15, 0.2) is 5.69 Å². The van der Waals surface area contributed by atoms with Gasteiger partial charge in [0.1, 0.15) is 0 Å². The number of aryl methyl sites for hydroxylation is 4. The minimum Gasteiger partial charge on any atom is -0.335 e. The van der Waals surface area contributed by atoms with E-state index in [0.717, 1.165) is 50.7 Å². The third-order valence-electron chi connectivity index (χ3n) is 4.76. The van der Waals surface area contributed by atoms with Gasteiger partial charge in [-0.1, -0.05) is 0 Å². The largest absolute Gasteiger partial charge is 0.335 e. The Morgan fingerprint density at radius 2 is 1.88 bits per heavy atom. The number of hydrogen-bond acceptors (Lipinski definition) is 4. The van der Waals surface area contributed by atoms with Gasteiger partial charge >= 0.3 is 0 Å². The summed E-state index contributed by atoms with van der Waals surface area (Å²) >= 11 is 0. The molecule has 2 aromatic heterocycles. The summed E-state index contributed by atoms with van der Waals surface area (Å²) in [4.78, 5) is 16.8. The number of rotatable bonds is 4. The Labute approximate surface area is 142 Å². The van der Waals surface area contributed by atoms with Crippen LogP contribution in [0.1, 0.15) is 34.4 Å². The Morgan fingerprint density at radius 1 is 1.17 bits per heavy atom. The molecule has 0 aromatic carbocycles. The number of piperazine rings is 1. The highest BCUT2D eigenvalue weighted by atomic mass is 16.2. The molecule has 7 heteroatoms. The zero-order valence-corrected chi connectivity index (χ0v) is 15.0. The molecule has 3 rings (SSSR count). The molecule has 0 bridgehead atoms. The number of aromatic nitrogens is 4. The minimum absolute atomic E-state index is 0.0355. The van der Waals surface area contributed by atoms with Gasteiger partial charge in [-0.3, -0.25) is 19.1 Å². The van der Waals surface area contributed by atoms with Gasteiger partial charge in [-0.15, -0.1) is 0 Å². The lowest BCUT2D eigenvalue weighted by Crippen LogP contribution is -2.48. The van der Waals surface area contributed by atoms with E-state index in [1.54, 1.807) is 4.68 Å². The van der Waals surface area contributed by atoms with Gasteiger partial charge in [-0.2, -0.15) is 10.2 Å². The Balaban J connectivity index is 1.57. The molecule has 1 aliphatic rings. The predicted octanol–water partition coefficient (Wildman–Crippen LogP) is 1.21. The maximum atomic E-state index is 12.5. The quantitative estimate of drug-likeness (QED) is 0.845. The summed E-state index contributed by atoms with van der Waals surface area (Å²) in [6.45, 7) is 11.2.